The molecule has 1 amide bonds. The molecule has 2 aliphatic carbocycles. The highest BCUT2D eigenvalue weighted by molar-refractivity contribution is 5.81. The molecule has 4 heteroatoms. The molecule has 110 valence electrons. The summed E-state index contributed by atoms with van der Waals surface area (Å²) in [6.45, 7) is 0. The minimum Gasteiger partial charge on any atom is -0.391 e. The molecule has 2 aliphatic rings. The number of hydrogen-bond acceptors (Lipinski definition) is 3. The SMILES string of the molecule is N[C@@H](CC1CCCC1)C(=O)NC1CCCCCC1O. The smallest absolute Gasteiger partial charge is 0.237 e. The lowest BCUT2D eigenvalue weighted by Gasteiger charge is -2.24. The van der Waals surface area contributed by atoms with Crippen molar-refractivity contribution in [3.8, 4) is 0 Å². The molecule has 0 heterocycles. The zero-order chi connectivity index (χ0) is 13.7. The Balaban J connectivity index is 1.77. The standard InChI is InChI=1S/C15H28N2O2/c16-12(10-11-6-4-5-7-11)15(19)17-13-8-2-1-3-9-14(13)18/h11-14,18H,1-10,16H2,(H,17,19)/t12-,13?,14?/m0/s1. The molecule has 0 spiro atoms. The first kappa shape index (κ1) is 14.8. The van der Waals surface area contributed by atoms with Gasteiger partial charge in [-0.15, -0.1) is 0 Å². The molecule has 0 aromatic carbocycles. The van der Waals surface area contributed by atoms with Crippen LogP contribution in [0.4, 0.5) is 0 Å². The van der Waals surface area contributed by atoms with Crippen molar-refractivity contribution in [1.29, 1.82) is 0 Å². The summed E-state index contributed by atoms with van der Waals surface area (Å²) in [5.74, 6) is 0.553. The maximum Gasteiger partial charge on any atom is 0.237 e. The average Bonchev–Trinajstić information content (AvgIpc) is 2.81. The maximum atomic E-state index is 12.1. The molecule has 0 saturated heterocycles. The van der Waals surface area contributed by atoms with E-state index in [9.17, 15) is 9.90 Å². The highest BCUT2D eigenvalue weighted by Gasteiger charge is 2.27. The quantitative estimate of drug-likeness (QED) is 0.679. The van der Waals surface area contributed by atoms with Gasteiger partial charge in [-0.3, -0.25) is 4.79 Å². The summed E-state index contributed by atoms with van der Waals surface area (Å²) in [4.78, 5) is 12.1. The number of carbonyl (C=O) groups excluding carboxylic acids is 1. The van der Waals surface area contributed by atoms with Crippen molar-refractivity contribution in [2.45, 2.75) is 82.4 Å². The molecular weight excluding hydrogens is 240 g/mol. The molecule has 0 aliphatic heterocycles. The van der Waals surface area contributed by atoms with E-state index < -0.39 is 12.1 Å². The van der Waals surface area contributed by atoms with Gasteiger partial charge in [0.2, 0.25) is 5.91 Å². The summed E-state index contributed by atoms with van der Waals surface area (Å²) >= 11 is 0. The Kier molecular flexibility index (Phi) is 5.64. The van der Waals surface area contributed by atoms with Crippen LogP contribution >= 0.6 is 0 Å². The zero-order valence-corrected chi connectivity index (χ0v) is 11.8. The van der Waals surface area contributed by atoms with Gasteiger partial charge in [-0.25, -0.2) is 0 Å². The summed E-state index contributed by atoms with van der Waals surface area (Å²) in [5, 5.41) is 13.0. The van der Waals surface area contributed by atoms with E-state index in [2.05, 4.69) is 5.32 Å². The molecule has 2 unspecified atom stereocenters. The van der Waals surface area contributed by atoms with Gasteiger partial charge in [0.25, 0.3) is 0 Å². The highest BCUT2D eigenvalue weighted by atomic mass is 16.3. The fourth-order valence-corrected chi connectivity index (χ4v) is 3.46. The van der Waals surface area contributed by atoms with E-state index in [1.54, 1.807) is 0 Å². The van der Waals surface area contributed by atoms with E-state index in [-0.39, 0.29) is 11.9 Å². The molecule has 2 saturated carbocycles. The number of rotatable bonds is 4. The van der Waals surface area contributed by atoms with Gasteiger partial charge in [0, 0.05) is 0 Å². The molecule has 2 rings (SSSR count). The Hall–Kier alpha value is -0.610. The average molecular weight is 268 g/mol. The second-order valence-electron chi connectivity index (χ2n) is 6.31. The molecule has 2 fully saturated rings. The summed E-state index contributed by atoms with van der Waals surface area (Å²) in [7, 11) is 0. The Bertz CT molecular complexity index is 290. The topological polar surface area (TPSA) is 75.4 Å². The zero-order valence-electron chi connectivity index (χ0n) is 11.8. The molecule has 3 atom stereocenters. The summed E-state index contributed by atoms with van der Waals surface area (Å²) in [6.07, 6.45) is 10.4. The Morgan fingerprint density at radius 2 is 1.74 bits per heavy atom. The van der Waals surface area contributed by atoms with Crippen molar-refractivity contribution in [2.75, 3.05) is 0 Å². The molecule has 4 nitrogen and oxygen atoms in total. The predicted molar refractivity (Wildman–Crippen MR) is 75.6 cm³/mol. The van der Waals surface area contributed by atoms with Crippen molar-refractivity contribution in [3.05, 3.63) is 0 Å². The number of nitrogens with one attached hydrogen (secondary N) is 1. The fraction of sp³-hybridized carbons (Fsp3) is 0.933. The molecule has 4 N–H and O–H groups in total. The molecule has 0 aromatic heterocycles. The normalized spacial score (nSPS) is 30.8. The van der Waals surface area contributed by atoms with E-state index >= 15 is 0 Å². The molecule has 0 bridgehead atoms. The lowest BCUT2D eigenvalue weighted by molar-refractivity contribution is -0.124. The van der Waals surface area contributed by atoms with Crippen molar-refractivity contribution in [3.63, 3.8) is 0 Å². The third-order valence-corrected chi connectivity index (χ3v) is 4.71. The first-order chi connectivity index (χ1) is 9.16. The minimum absolute atomic E-state index is 0.0714. The van der Waals surface area contributed by atoms with Gasteiger partial charge < -0.3 is 16.2 Å². The van der Waals surface area contributed by atoms with Gasteiger partial charge >= 0.3 is 0 Å². The largest absolute Gasteiger partial charge is 0.391 e. The van der Waals surface area contributed by atoms with E-state index in [1.807, 2.05) is 0 Å². The maximum absolute atomic E-state index is 12.1. The Labute approximate surface area is 116 Å². The van der Waals surface area contributed by atoms with Crippen LogP contribution in [0.25, 0.3) is 0 Å². The third kappa shape index (κ3) is 4.46. The minimum atomic E-state index is -0.404. The van der Waals surface area contributed by atoms with Crippen molar-refractivity contribution in [1.82, 2.24) is 5.32 Å². The first-order valence-electron chi connectivity index (χ1n) is 7.91. The van der Waals surface area contributed by atoms with Crippen LogP contribution in [0.1, 0.15) is 64.2 Å². The molecule has 0 radical (unpaired) electrons. The second-order valence-corrected chi connectivity index (χ2v) is 6.31. The number of carbonyl (C=O) groups is 1. The fourth-order valence-electron chi connectivity index (χ4n) is 3.46. The third-order valence-electron chi connectivity index (χ3n) is 4.71. The van der Waals surface area contributed by atoms with E-state index in [4.69, 9.17) is 5.73 Å². The monoisotopic (exact) mass is 268 g/mol. The Morgan fingerprint density at radius 1 is 1.11 bits per heavy atom. The summed E-state index contributed by atoms with van der Waals surface area (Å²) < 4.78 is 0. The van der Waals surface area contributed by atoms with Crippen LogP contribution in [0.3, 0.4) is 0 Å². The molecule has 0 aromatic rings. The van der Waals surface area contributed by atoms with Crippen molar-refractivity contribution in [2.24, 2.45) is 11.7 Å². The lowest BCUT2D eigenvalue weighted by Crippen LogP contribution is -2.49. The highest BCUT2D eigenvalue weighted by Crippen LogP contribution is 2.28. The van der Waals surface area contributed by atoms with E-state index in [0.29, 0.717) is 5.92 Å². The number of hydrogen-bond donors (Lipinski definition) is 3. The number of aliphatic hydroxyl groups is 1. The van der Waals surface area contributed by atoms with Gasteiger partial charge in [0.1, 0.15) is 0 Å². The predicted octanol–water partition coefficient (Wildman–Crippen LogP) is 1.70. The van der Waals surface area contributed by atoms with Gasteiger partial charge in [-0.05, 0) is 25.2 Å². The number of nitrogens with two attached hydrogens (primary N) is 1. The van der Waals surface area contributed by atoms with Gasteiger partial charge in [0.15, 0.2) is 0 Å². The Morgan fingerprint density at radius 3 is 2.47 bits per heavy atom. The van der Waals surface area contributed by atoms with Gasteiger partial charge in [0.05, 0.1) is 18.2 Å². The second kappa shape index (κ2) is 7.25. The van der Waals surface area contributed by atoms with Gasteiger partial charge in [-0.2, -0.15) is 0 Å². The van der Waals surface area contributed by atoms with Crippen LogP contribution in [0, 0.1) is 5.92 Å². The van der Waals surface area contributed by atoms with Crippen LogP contribution in [-0.2, 0) is 4.79 Å². The van der Waals surface area contributed by atoms with Crippen LogP contribution < -0.4 is 11.1 Å². The number of aliphatic hydroxyl groups excluding tert-OH is 1. The van der Waals surface area contributed by atoms with Crippen LogP contribution in [-0.4, -0.2) is 29.2 Å². The van der Waals surface area contributed by atoms with Crippen LogP contribution in [0.2, 0.25) is 0 Å². The molecular formula is C15H28N2O2. The number of amides is 1. The summed E-state index contributed by atoms with van der Waals surface area (Å²) in [6, 6.07) is -0.497. The van der Waals surface area contributed by atoms with E-state index in [1.165, 1.54) is 25.7 Å². The first-order valence-corrected chi connectivity index (χ1v) is 7.91. The molecule has 19 heavy (non-hydrogen) atoms. The van der Waals surface area contributed by atoms with Gasteiger partial charge in [-0.1, -0.05) is 44.9 Å². The van der Waals surface area contributed by atoms with E-state index in [0.717, 1.165) is 38.5 Å². The summed E-state index contributed by atoms with van der Waals surface area (Å²) in [5.41, 5.74) is 6.01. The van der Waals surface area contributed by atoms with Crippen molar-refractivity contribution < 1.29 is 9.90 Å². The van der Waals surface area contributed by atoms with Crippen LogP contribution in [0.5, 0.6) is 0 Å². The van der Waals surface area contributed by atoms with Crippen LogP contribution in [0.15, 0.2) is 0 Å². The van der Waals surface area contributed by atoms with Crippen molar-refractivity contribution >= 4 is 5.91 Å². The lowest BCUT2D eigenvalue weighted by atomic mass is 9.97.